The van der Waals surface area contributed by atoms with Crippen LogP contribution in [0.2, 0.25) is 5.02 Å². The third-order valence-electron chi connectivity index (χ3n) is 4.37. The summed E-state index contributed by atoms with van der Waals surface area (Å²) in [5.74, 6) is 0.747. The number of aliphatic hydroxyl groups excluding tert-OH is 1. The van der Waals surface area contributed by atoms with E-state index in [1.54, 1.807) is 19.2 Å². The van der Waals surface area contributed by atoms with Crippen LogP contribution in [0.15, 0.2) is 48.5 Å². The predicted molar refractivity (Wildman–Crippen MR) is 93.3 cm³/mol. The number of hydrogen-bond acceptors (Lipinski definition) is 3. The topological polar surface area (TPSA) is 58.6 Å². The smallest absolute Gasteiger partial charge is 0.223 e. The Labute approximate surface area is 146 Å². The van der Waals surface area contributed by atoms with Gasteiger partial charge in [0.05, 0.1) is 13.2 Å². The first-order valence-corrected chi connectivity index (χ1v) is 8.32. The summed E-state index contributed by atoms with van der Waals surface area (Å²) in [4.78, 5) is 12.3. The second-order valence-corrected chi connectivity index (χ2v) is 6.44. The minimum Gasteiger partial charge on any atom is -0.496 e. The molecule has 0 saturated heterocycles. The number of hydrogen-bond donors (Lipinski definition) is 2. The van der Waals surface area contributed by atoms with Gasteiger partial charge >= 0.3 is 0 Å². The van der Waals surface area contributed by atoms with Crippen LogP contribution in [0.1, 0.15) is 29.6 Å². The molecule has 0 bridgehead atoms. The third kappa shape index (κ3) is 3.71. The lowest BCUT2D eigenvalue weighted by Gasteiger charge is -2.15. The molecule has 1 aliphatic rings. The van der Waals surface area contributed by atoms with Crippen LogP contribution in [0.5, 0.6) is 5.75 Å². The average molecular weight is 346 g/mol. The van der Waals surface area contributed by atoms with Crippen LogP contribution in [0, 0.1) is 5.92 Å². The van der Waals surface area contributed by atoms with Crippen molar-refractivity contribution in [2.75, 3.05) is 13.7 Å². The molecule has 2 N–H and O–H groups in total. The molecule has 1 amide bonds. The van der Waals surface area contributed by atoms with Gasteiger partial charge in [0, 0.05) is 23.0 Å². The Morgan fingerprint density at radius 3 is 2.88 bits per heavy atom. The van der Waals surface area contributed by atoms with E-state index in [0.29, 0.717) is 16.3 Å². The fourth-order valence-electron chi connectivity index (χ4n) is 2.97. The standard InChI is InChI=1S/C19H20ClNO3/c1-24-18-8-3-2-7-14(18)17(22)11-21-19(23)16-10-15(16)12-5-4-6-13(20)9-12/h2-9,15-17,22H,10-11H2,1H3,(H,21,23). The zero-order chi connectivity index (χ0) is 17.1. The van der Waals surface area contributed by atoms with Crippen molar-refractivity contribution in [3.05, 3.63) is 64.7 Å². The van der Waals surface area contributed by atoms with E-state index < -0.39 is 6.10 Å². The first-order valence-electron chi connectivity index (χ1n) is 7.94. The van der Waals surface area contributed by atoms with Crippen LogP contribution >= 0.6 is 11.6 Å². The summed E-state index contributed by atoms with van der Waals surface area (Å²) >= 11 is 6.00. The molecule has 2 aromatic carbocycles. The zero-order valence-electron chi connectivity index (χ0n) is 13.4. The maximum absolute atomic E-state index is 12.3. The van der Waals surface area contributed by atoms with E-state index in [-0.39, 0.29) is 24.3 Å². The number of para-hydroxylation sites is 1. The van der Waals surface area contributed by atoms with Gasteiger partial charge in [-0.15, -0.1) is 0 Å². The summed E-state index contributed by atoms with van der Waals surface area (Å²) in [7, 11) is 1.56. The van der Waals surface area contributed by atoms with Crippen LogP contribution in [-0.2, 0) is 4.79 Å². The lowest BCUT2D eigenvalue weighted by atomic mass is 10.1. The lowest BCUT2D eigenvalue weighted by Crippen LogP contribution is -2.30. The Morgan fingerprint density at radius 2 is 2.12 bits per heavy atom. The van der Waals surface area contributed by atoms with Crippen LogP contribution in [0.25, 0.3) is 0 Å². The van der Waals surface area contributed by atoms with Crippen LogP contribution in [-0.4, -0.2) is 24.7 Å². The lowest BCUT2D eigenvalue weighted by molar-refractivity contribution is -0.122. The van der Waals surface area contributed by atoms with Crippen molar-refractivity contribution in [3.8, 4) is 5.75 Å². The number of ether oxygens (including phenoxy) is 1. The van der Waals surface area contributed by atoms with E-state index in [0.717, 1.165) is 12.0 Å². The maximum atomic E-state index is 12.3. The van der Waals surface area contributed by atoms with E-state index >= 15 is 0 Å². The van der Waals surface area contributed by atoms with E-state index in [4.69, 9.17) is 16.3 Å². The molecule has 2 aromatic rings. The van der Waals surface area contributed by atoms with E-state index in [1.807, 2.05) is 36.4 Å². The molecule has 0 radical (unpaired) electrons. The predicted octanol–water partition coefficient (Wildman–Crippen LogP) is 3.30. The molecule has 1 fully saturated rings. The molecule has 3 atom stereocenters. The van der Waals surface area contributed by atoms with Crippen LogP contribution < -0.4 is 10.1 Å². The van der Waals surface area contributed by atoms with Crippen molar-refractivity contribution in [3.63, 3.8) is 0 Å². The monoisotopic (exact) mass is 345 g/mol. The van der Waals surface area contributed by atoms with Crippen molar-refractivity contribution < 1.29 is 14.6 Å². The minimum atomic E-state index is -0.798. The van der Waals surface area contributed by atoms with Gasteiger partial charge in [-0.1, -0.05) is 41.9 Å². The molecule has 1 aliphatic carbocycles. The molecule has 5 heteroatoms. The first-order chi connectivity index (χ1) is 11.6. The molecule has 0 aromatic heterocycles. The molecule has 0 aliphatic heterocycles. The summed E-state index contributed by atoms with van der Waals surface area (Å²) in [6, 6.07) is 14.9. The minimum absolute atomic E-state index is 0.0334. The SMILES string of the molecule is COc1ccccc1C(O)CNC(=O)C1CC1c1cccc(Cl)c1. The van der Waals surface area contributed by atoms with Crippen molar-refractivity contribution in [2.45, 2.75) is 18.4 Å². The molecule has 1 saturated carbocycles. The number of nitrogens with one attached hydrogen (secondary N) is 1. The van der Waals surface area contributed by atoms with Gasteiger partial charge in [-0.3, -0.25) is 4.79 Å². The summed E-state index contributed by atoms with van der Waals surface area (Å²) in [6.45, 7) is 0.165. The summed E-state index contributed by atoms with van der Waals surface area (Å²) in [5.41, 5.74) is 1.76. The largest absolute Gasteiger partial charge is 0.496 e. The molecule has 4 nitrogen and oxygen atoms in total. The first kappa shape index (κ1) is 16.8. The van der Waals surface area contributed by atoms with Crippen molar-refractivity contribution in [1.82, 2.24) is 5.32 Å². The Kier molecular flexibility index (Phi) is 5.07. The van der Waals surface area contributed by atoms with Gasteiger partial charge in [0.1, 0.15) is 5.75 Å². The number of halogens is 1. The van der Waals surface area contributed by atoms with E-state index in [9.17, 15) is 9.90 Å². The molecule has 0 spiro atoms. The number of carbonyl (C=O) groups excluding carboxylic acids is 1. The molecule has 3 rings (SSSR count). The number of methoxy groups -OCH3 is 1. The number of amides is 1. The Morgan fingerprint density at radius 1 is 1.33 bits per heavy atom. The Balaban J connectivity index is 1.55. The second kappa shape index (κ2) is 7.24. The quantitative estimate of drug-likeness (QED) is 0.844. The van der Waals surface area contributed by atoms with Gasteiger partial charge in [-0.2, -0.15) is 0 Å². The Bertz CT molecular complexity index is 734. The van der Waals surface area contributed by atoms with Crippen molar-refractivity contribution >= 4 is 17.5 Å². The third-order valence-corrected chi connectivity index (χ3v) is 4.61. The number of benzene rings is 2. The van der Waals surface area contributed by atoms with Gasteiger partial charge in [0.2, 0.25) is 5.91 Å². The van der Waals surface area contributed by atoms with Gasteiger partial charge in [0.25, 0.3) is 0 Å². The molecule has 0 heterocycles. The summed E-state index contributed by atoms with van der Waals surface area (Å²) < 4.78 is 5.23. The number of aliphatic hydroxyl groups is 1. The van der Waals surface area contributed by atoms with E-state index in [2.05, 4.69) is 5.32 Å². The van der Waals surface area contributed by atoms with Crippen LogP contribution in [0.4, 0.5) is 0 Å². The van der Waals surface area contributed by atoms with Gasteiger partial charge in [-0.25, -0.2) is 0 Å². The Hall–Kier alpha value is -2.04. The molecular weight excluding hydrogens is 326 g/mol. The molecular formula is C19H20ClNO3. The molecule has 3 unspecified atom stereocenters. The maximum Gasteiger partial charge on any atom is 0.223 e. The highest BCUT2D eigenvalue weighted by Gasteiger charge is 2.43. The fourth-order valence-corrected chi connectivity index (χ4v) is 3.17. The van der Waals surface area contributed by atoms with Crippen molar-refractivity contribution in [1.29, 1.82) is 0 Å². The van der Waals surface area contributed by atoms with Crippen molar-refractivity contribution in [2.24, 2.45) is 5.92 Å². The highest BCUT2D eigenvalue weighted by Crippen LogP contribution is 2.48. The molecule has 126 valence electrons. The second-order valence-electron chi connectivity index (χ2n) is 6.01. The number of rotatable bonds is 6. The van der Waals surface area contributed by atoms with Gasteiger partial charge < -0.3 is 15.2 Å². The van der Waals surface area contributed by atoms with Gasteiger partial charge in [0.15, 0.2) is 0 Å². The molecule has 24 heavy (non-hydrogen) atoms. The highest BCUT2D eigenvalue weighted by molar-refractivity contribution is 6.30. The average Bonchev–Trinajstić information content (AvgIpc) is 3.40. The van der Waals surface area contributed by atoms with E-state index in [1.165, 1.54) is 0 Å². The summed E-state index contributed by atoms with van der Waals surface area (Å²) in [5, 5.41) is 13.8. The number of carbonyl (C=O) groups is 1. The fraction of sp³-hybridized carbons (Fsp3) is 0.316. The highest BCUT2D eigenvalue weighted by atomic mass is 35.5. The summed E-state index contributed by atoms with van der Waals surface area (Å²) in [6.07, 6.45) is 0.0187. The van der Waals surface area contributed by atoms with Crippen LogP contribution in [0.3, 0.4) is 0 Å². The van der Waals surface area contributed by atoms with Gasteiger partial charge in [-0.05, 0) is 36.1 Å². The zero-order valence-corrected chi connectivity index (χ0v) is 14.2. The normalized spacial score (nSPS) is 20.3.